The first-order valence-corrected chi connectivity index (χ1v) is 13.6. The Labute approximate surface area is 208 Å². The Balaban J connectivity index is 1.46. The molecule has 3 aliphatic rings. The number of fused-ring (bicyclic) bond motifs is 2. The Morgan fingerprint density at radius 1 is 1.00 bits per heavy atom. The Morgan fingerprint density at radius 3 is 2.71 bits per heavy atom. The van der Waals surface area contributed by atoms with E-state index in [2.05, 4.69) is 47.1 Å². The van der Waals surface area contributed by atoms with Crippen LogP contribution in [0.4, 0.5) is 11.4 Å². The molecule has 0 spiro atoms. The molecule has 2 aliphatic heterocycles. The Hall–Kier alpha value is -2.77. The first-order chi connectivity index (χ1) is 16.7. The normalized spacial score (nSPS) is 22.3. The monoisotopic (exact) mass is 486 g/mol. The van der Waals surface area contributed by atoms with E-state index in [0.29, 0.717) is 0 Å². The molecule has 3 heterocycles. The molecule has 34 heavy (non-hydrogen) atoms. The zero-order valence-corrected chi connectivity index (χ0v) is 20.7. The zero-order chi connectivity index (χ0) is 23.1. The summed E-state index contributed by atoms with van der Waals surface area (Å²) in [4.78, 5) is 29.8. The lowest BCUT2D eigenvalue weighted by Crippen LogP contribution is -2.40. The standard InChI is InChI=1S/C27H26N4OS2/c1-2-30-22-15-6-7-16-23(22)33-26(30)24-25(32)31(18-10-4-3-5-11-18)27(34-24)29-21-14-8-13-20-19(21)12-9-17-28-20/h6-9,12-18H,2-5,10-11H2,1H3. The lowest BCUT2D eigenvalue weighted by Gasteiger charge is -2.30. The molecule has 6 rings (SSSR count). The predicted octanol–water partition coefficient (Wildman–Crippen LogP) is 6.93. The van der Waals surface area contributed by atoms with Crippen LogP contribution in [0.25, 0.3) is 10.9 Å². The van der Waals surface area contributed by atoms with Crippen molar-refractivity contribution in [3.63, 3.8) is 0 Å². The highest BCUT2D eigenvalue weighted by atomic mass is 32.2. The fraction of sp³-hybridized carbons (Fsp3) is 0.296. The number of hydrogen-bond acceptors (Lipinski definition) is 6. The molecule has 1 saturated heterocycles. The van der Waals surface area contributed by atoms with Gasteiger partial charge in [-0.15, -0.1) is 0 Å². The number of pyridine rings is 1. The number of benzene rings is 2. The molecular formula is C27H26N4OS2. The predicted molar refractivity (Wildman–Crippen MR) is 142 cm³/mol. The summed E-state index contributed by atoms with van der Waals surface area (Å²) in [7, 11) is 0. The van der Waals surface area contributed by atoms with E-state index < -0.39 is 0 Å². The van der Waals surface area contributed by atoms with Gasteiger partial charge in [0.25, 0.3) is 5.91 Å². The number of hydrogen-bond donors (Lipinski definition) is 0. The summed E-state index contributed by atoms with van der Waals surface area (Å²) >= 11 is 3.24. The van der Waals surface area contributed by atoms with Gasteiger partial charge in [-0.3, -0.25) is 14.7 Å². The number of para-hydroxylation sites is 1. The molecule has 0 N–H and O–H groups in total. The highest BCUT2D eigenvalue weighted by Gasteiger charge is 2.42. The quantitative estimate of drug-likeness (QED) is 0.376. The fourth-order valence-corrected chi connectivity index (χ4v) is 7.50. The summed E-state index contributed by atoms with van der Waals surface area (Å²) in [5.41, 5.74) is 2.96. The largest absolute Gasteiger partial charge is 0.334 e. The van der Waals surface area contributed by atoms with Gasteiger partial charge in [0.2, 0.25) is 0 Å². The lowest BCUT2D eigenvalue weighted by atomic mass is 9.94. The maximum absolute atomic E-state index is 14.0. The SMILES string of the molecule is CCN1C(=C2SC(=Nc3cccc4ncccc34)N(C3CCCCC3)C2=O)Sc2ccccc21. The van der Waals surface area contributed by atoms with Crippen LogP contribution < -0.4 is 4.90 Å². The van der Waals surface area contributed by atoms with Crippen molar-refractivity contribution in [3.05, 3.63) is 70.7 Å². The minimum atomic E-state index is 0.0998. The lowest BCUT2D eigenvalue weighted by molar-refractivity contribution is -0.124. The van der Waals surface area contributed by atoms with Gasteiger partial charge < -0.3 is 4.90 Å². The van der Waals surface area contributed by atoms with Crippen LogP contribution >= 0.6 is 23.5 Å². The number of anilines is 1. The molecule has 7 heteroatoms. The summed E-state index contributed by atoms with van der Waals surface area (Å²) < 4.78 is 0. The highest BCUT2D eigenvalue weighted by Crippen LogP contribution is 2.51. The number of aromatic nitrogens is 1. The number of amidine groups is 1. The summed E-state index contributed by atoms with van der Waals surface area (Å²) in [6.45, 7) is 2.96. The van der Waals surface area contributed by atoms with E-state index in [1.165, 1.54) is 28.8 Å². The van der Waals surface area contributed by atoms with Crippen molar-refractivity contribution in [3.8, 4) is 0 Å². The molecular weight excluding hydrogens is 460 g/mol. The third kappa shape index (κ3) is 3.71. The van der Waals surface area contributed by atoms with Crippen LogP contribution in [0.1, 0.15) is 39.0 Å². The number of aliphatic imine (C=N–C) groups is 1. The van der Waals surface area contributed by atoms with Gasteiger partial charge in [0, 0.05) is 29.1 Å². The Kier molecular flexibility index (Phi) is 5.83. The third-order valence-corrected chi connectivity index (χ3v) is 9.06. The van der Waals surface area contributed by atoms with Crippen LogP contribution in [0.2, 0.25) is 0 Å². The summed E-state index contributed by atoms with van der Waals surface area (Å²) in [5.74, 6) is 0.0998. The zero-order valence-electron chi connectivity index (χ0n) is 19.1. The van der Waals surface area contributed by atoms with Crippen LogP contribution in [-0.2, 0) is 4.79 Å². The van der Waals surface area contributed by atoms with Crippen LogP contribution in [0.15, 0.2) is 80.6 Å². The molecule has 2 fully saturated rings. The molecule has 3 aromatic rings. The number of nitrogens with zero attached hydrogens (tertiary/aromatic N) is 4. The maximum Gasteiger partial charge on any atom is 0.269 e. The summed E-state index contributed by atoms with van der Waals surface area (Å²) in [5, 5.41) is 2.83. The molecule has 0 bridgehead atoms. The maximum atomic E-state index is 14.0. The Morgan fingerprint density at radius 2 is 1.85 bits per heavy atom. The van der Waals surface area contributed by atoms with Crippen molar-refractivity contribution < 1.29 is 4.79 Å². The van der Waals surface area contributed by atoms with E-state index in [1.54, 1.807) is 18.0 Å². The van der Waals surface area contributed by atoms with E-state index in [4.69, 9.17) is 4.99 Å². The van der Waals surface area contributed by atoms with Crippen molar-refractivity contribution in [2.75, 3.05) is 11.4 Å². The number of carbonyl (C=O) groups excluding carboxylic acids is 1. The van der Waals surface area contributed by atoms with Gasteiger partial charge in [0.05, 0.1) is 16.9 Å². The molecule has 1 saturated carbocycles. The molecule has 2 aromatic carbocycles. The summed E-state index contributed by atoms with van der Waals surface area (Å²) in [6, 6.07) is 18.6. The number of amides is 1. The first-order valence-electron chi connectivity index (χ1n) is 12.0. The number of rotatable bonds is 3. The van der Waals surface area contributed by atoms with Crippen LogP contribution in [-0.4, -0.2) is 33.5 Å². The molecule has 0 unspecified atom stereocenters. The fourth-order valence-electron chi connectivity index (χ4n) is 5.06. The van der Waals surface area contributed by atoms with E-state index in [0.717, 1.165) is 63.9 Å². The smallest absolute Gasteiger partial charge is 0.269 e. The molecule has 1 amide bonds. The average molecular weight is 487 g/mol. The van der Waals surface area contributed by atoms with Gasteiger partial charge in [0.15, 0.2) is 5.17 Å². The minimum Gasteiger partial charge on any atom is -0.334 e. The first kappa shape index (κ1) is 21.7. The molecule has 0 atom stereocenters. The second-order valence-electron chi connectivity index (χ2n) is 8.76. The van der Waals surface area contributed by atoms with Gasteiger partial charge in [-0.2, -0.15) is 0 Å². The second-order valence-corrected chi connectivity index (χ2v) is 10.8. The molecule has 172 valence electrons. The molecule has 1 aromatic heterocycles. The van der Waals surface area contributed by atoms with Crippen LogP contribution in [0, 0.1) is 0 Å². The van der Waals surface area contributed by atoms with Crippen LogP contribution in [0.3, 0.4) is 0 Å². The van der Waals surface area contributed by atoms with E-state index >= 15 is 0 Å². The van der Waals surface area contributed by atoms with Gasteiger partial charge >= 0.3 is 0 Å². The highest BCUT2D eigenvalue weighted by molar-refractivity contribution is 8.19. The van der Waals surface area contributed by atoms with Crippen molar-refractivity contribution in [1.82, 2.24) is 9.88 Å². The molecule has 0 radical (unpaired) electrons. The van der Waals surface area contributed by atoms with Gasteiger partial charge in [0.1, 0.15) is 9.93 Å². The number of thioether (sulfide) groups is 2. The van der Waals surface area contributed by atoms with E-state index in [-0.39, 0.29) is 11.9 Å². The third-order valence-electron chi connectivity index (χ3n) is 6.71. The minimum absolute atomic E-state index is 0.0998. The second kappa shape index (κ2) is 9.12. The van der Waals surface area contributed by atoms with Crippen molar-refractivity contribution >= 4 is 56.9 Å². The number of carbonyl (C=O) groups is 1. The van der Waals surface area contributed by atoms with E-state index in [1.807, 2.05) is 29.2 Å². The van der Waals surface area contributed by atoms with Crippen molar-refractivity contribution in [1.29, 1.82) is 0 Å². The Bertz CT molecular complexity index is 1320. The van der Waals surface area contributed by atoms with Gasteiger partial charge in [-0.05, 0) is 67.9 Å². The van der Waals surface area contributed by atoms with Crippen molar-refractivity contribution in [2.45, 2.75) is 50.0 Å². The van der Waals surface area contributed by atoms with Crippen molar-refractivity contribution in [2.24, 2.45) is 4.99 Å². The van der Waals surface area contributed by atoms with Crippen LogP contribution in [0.5, 0.6) is 0 Å². The summed E-state index contributed by atoms with van der Waals surface area (Å²) in [6.07, 6.45) is 7.45. The average Bonchev–Trinajstić information content (AvgIpc) is 3.41. The molecule has 1 aliphatic carbocycles. The van der Waals surface area contributed by atoms with Gasteiger partial charge in [-0.25, -0.2) is 4.99 Å². The van der Waals surface area contributed by atoms with E-state index in [9.17, 15) is 4.79 Å². The molecule has 5 nitrogen and oxygen atoms in total. The van der Waals surface area contributed by atoms with Gasteiger partial charge in [-0.1, -0.05) is 49.2 Å². The topological polar surface area (TPSA) is 48.8 Å².